The van der Waals surface area contributed by atoms with Gasteiger partial charge in [-0.15, -0.1) is 0 Å². The number of aromatic amines is 1. The molecule has 12 heavy (non-hydrogen) atoms. The maximum atomic E-state index is 10.9. The Bertz CT molecular complexity index is 280. The van der Waals surface area contributed by atoms with E-state index in [0.717, 1.165) is 0 Å². The van der Waals surface area contributed by atoms with Gasteiger partial charge < -0.3 is 15.6 Å². The second kappa shape index (κ2) is 3.51. The minimum absolute atomic E-state index is 0.392. The van der Waals surface area contributed by atoms with Gasteiger partial charge in [0.05, 0.1) is 12.5 Å². The van der Waals surface area contributed by atoms with Crippen LogP contribution in [0.2, 0.25) is 0 Å². The molecular formula is C6H8N4O2. The van der Waals surface area contributed by atoms with Crippen molar-refractivity contribution < 1.29 is 9.59 Å². The van der Waals surface area contributed by atoms with E-state index in [9.17, 15) is 9.59 Å². The van der Waals surface area contributed by atoms with Gasteiger partial charge in [0.2, 0.25) is 0 Å². The van der Waals surface area contributed by atoms with Crippen molar-refractivity contribution in [2.75, 3.05) is 12.4 Å². The smallest absolute Gasteiger partial charge is 0.314 e. The third kappa shape index (κ3) is 1.82. The third-order valence-corrected chi connectivity index (χ3v) is 1.18. The minimum Gasteiger partial charge on any atom is -0.351 e. The van der Waals surface area contributed by atoms with Crippen LogP contribution in [0.3, 0.4) is 0 Å². The Kier molecular flexibility index (Phi) is 2.42. The molecule has 0 saturated carbocycles. The van der Waals surface area contributed by atoms with Crippen molar-refractivity contribution in [3.05, 3.63) is 12.5 Å². The molecule has 0 aliphatic rings. The number of likely N-dealkylation sites (N-methyl/N-ethyl adjacent to an activating group) is 1. The molecule has 0 unspecified atom stereocenters. The van der Waals surface area contributed by atoms with Gasteiger partial charge in [-0.1, -0.05) is 0 Å². The van der Waals surface area contributed by atoms with Gasteiger partial charge in [-0.05, 0) is 0 Å². The van der Waals surface area contributed by atoms with E-state index >= 15 is 0 Å². The monoisotopic (exact) mass is 168 g/mol. The van der Waals surface area contributed by atoms with E-state index < -0.39 is 11.8 Å². The van der Waals surface area contributed by atoms with E-state index in [1.165, 1.54) is 19.6 Å². The predicted octanol–water partition coefficient (Wildman–Crippen LogP) is -0.906. The van der Waals surface area contributed by atoms with Crippen LogP contribution in [-0.2, 0) is 9.59 Å². The first kappa shape index (κ1) is 8.25. The lowest BCUT2D eigenvalue weighted by Crippen LogP contribution is -2.32. The van der Waals surface area contributed by atoms with Crippen molar-refractivity contribution in [3.63, 3.8) is 0 Å². The number of anilines is 1. The SMILES string of the molecule is CNC(=O)C(=O)Nc1cnc[nH]1. The molecule has 0 bridgehead atoms. The molecule has 3 N–H and O–H groups in total. The van der Waals surface area contributed by atoms with Crippen molar-refractivity contribution in [1.82, 2.24) is 15.3 Å². The van der Waals surface area contributed by atoms with Crippen LogP contribution in [0, 0.1) is 0 Å². The first-order chi connectivity index (χ1) is 5.74. The number of rotatable bonds is 1. The lowest BCUT2D eigenvalue weighted by molar-refractivity contribution is -0.135. The molecule has 6 nitrogen and oxygen atoms in total. The summed E-state index contributed by atoms with van der Waals surface area (Å²) in [6, 6.07) is 0. The van der Waals surface area contributed by atoms with Gasteiger partial charge in [0.1, 0.15) is 5.82 Å². The van der Waals surface area contributed by atoms with E-state index in [1.54, 1.807) is 0 Å². The highest BCUT2D eigenvalue weighted by atomic mass is 16.2. The van der Waals surface area contributed by atoms with Gasteiger partial charge in [0.15, 0.2) is 0 Å². The molecule has 1 rings (SSSR count). The molecule has 6 heteroatoms. The van der Waals surface area contributed by atoms with Crippen LogP contribution in [0.15, 0.2) is 12.5 Å². The predicted molar refractivity (Wildman–Crippen MR) is 41.3 cm³/mol. The zero-order valence-corrected chi connectivity index (χ0v) is 6.42. The number of nitrogens with zero attached hydrogens (tertiary/aromatic N) is 1. The third-order valence-electron chi connectivity index (χ3n) is 1.18. The van der Waals surface area contributed by atoms with E-state index in [2.05, 4.69) is 20.6 Å². The van der Waals surface area contributed by atoms with Crippen LogP contribution in [0.4, 0.5) is 5.82 Å². The number of hydrogen-bond donors (Lipinski definition) is 3. The summed E-state index contributed by atoms with van der Waals surface area (Å²) in [5, 5.41) is 4.50. The average Bonchev–Trinajstić information content (AvgIpc) is 2.55. The number of amides is 2. The largest absolute Gasteiger partial charge is 0.351 e. The van der Waals surface area contributed by atoms with Gasteiger partial charge in [-0.3, -0.25) is 9.59 Å². The quantitative estimate of drug-likeness (QED) is 0.474. The summed E-state index contributed by atoms with van der Waals surface area (Å²) in [5.41, 5.74) is 0. The zero-order chi connectivity index (χ0) is 8.97. The first-order valence-corrected chi connectivity index (χ1v) is 3.25. The molecule has 0 atom stereocenters. The average molecular weight is 168 g/mol. The minimum atomic E-state index is -0.721. The van der Waals surface area contributed by atoms with Crippen molar-refractivity contribution in [3.8, 4) is 0 Å². The van der Waals surface area contributed by atoms with Crippen LogP contribution in [0.5, 0.6) is 0 Å². The van der Waals surface area contributed by atoms with Crippen LogP contribution in [0.25, 0.3) is 0 Å². The molecule has 0 saturated heterocycles. The molecule has 1 aromatic rings. The summed E-state index contributed by atoms with van der Waals surface area (Å²) < 4.78 is 0. The Morgan fingerprint density at radius 3 is 2.75 bits per heavy atom. The van der Waals surface area contributed by atoms with Crippen LogP contribution < -0.4 is 10.6 Å². The Hall–Kier alpha value is -1.85. The normalized spacial score (nSPS) is 9.08. The molecule has 0 aliphatic heterocycles. The topological polar surface area (TPSA) is 86.9 Å². The van der Waals surface area contributed by atoms with Crippen LogP contribution in [-0.4, -0.2) is 28.8 Å². The Morgan fingerprint density at radius 2 is 2.25 bits per heavy atom. The van der Waals surface area contributed by atoms with Crippen molar-refractivity contribution >= 4 is 17.6 Å². The van der Waals surface area contributed by atoms with E-state index in [0.29, 0.717) is 5.82 Å². The number of carbonyl (C=O) groups excluding carboxylic acids is 2. The molecule has 0 radical (unpaired) electrons. The Balaban J connectivity index is 2.53. The van der Waals surface area contributed by atoms with Crippen molar-refractivity contribution in [2.24, 2.45) is 0 Å². The molecule has 1 aromatic heterocycles. The maximum Gasteiger partial charge on any atom is 0.314 e. The van der Waals surface area contributed by atoms with Gasteiger partial charge in [0, 0.05) is 7.05 Å². The molecule has 0 fully saturated rings. The lowest BCUT2D eigenvalue weighted by atomic mass is 10.5. The summed E-state index contributed by atoms with van der Waals surface area (Å²) in [5.74, 6) is -1.02. The second-order valence-electron chi connectivity index (χ2n) is 2.00. The Labute approximate surface area is 68.4 Å². The standard InChI is InChI=1S/C6H8N4O2/c1-7-5(11)6(12)10-4-2-8-3-9-4/h2-3H,1H3,(H,7,11)(H,8,9)(H,10,12). The number of aromatic nitrogens is 2. The highest BCUT2D eigenvalue weighted by Crippen LogP contribution is 1.96. The van der Waals surface area contributed by atoms with Gasteiger partial charge >= 0.3 is 11.8 Å². The first-order valence-electron chi connectivity index (χ1n) is 3.25. The summed E-state index contributed by atoms with van der Waals surface area (Å²) in [6.07, 6.45) is 2.81. The second-order valence-corrected chi connectivity index (χ2v) is 2.00. The summed E-state index contributed by atoms with van der Waals surface area (Å²) in [7, 11) is 1.38. The highest BCUT2D eigenvalue weighted by Gasteiger charge is 2.10. The molecule has 64 valence electrons. The highest BCUT2D eigenvalue weighted by molar-refractivity contribution is 6.39. The number of imidazole rings is 1. The maximum absolute atomic E-state index is 10.9. The number of carbonyl (C=O) groups is 2. The van der Waals surface area contributed by atoms with Crippen molar-refractivity contribution in [2.45, 2.75) is 0 Å². The summed E-state index contributed by atoms with van der Waals surface area (Å²) >= 11 is 0. The molecular weight excluding hydrogens is 160 g/mol. The van der Waals surface area contributed by atoms with Crippen LogP contribution >= 0.6 is 0 Å². The molecule has 2 amide bonds. The molecule has 1 heterocycles. The summed E-state index contributed by atoms with van der Waals surface area (Å²) in [4.78, 5) is 27.8. The molecule has 0 aliphatic carbocycles. The number of hydrogen-bond acceptors (Lipinski definition) is 3. The van der Waals surface area contributed by atoms with Gasteiger partial charge in [-0.2, -0.15) is 0 Å². The van der Waals surface area contributed by atoms with E-state index in [4.69, 9.17) is 0 Å². The summed E-state index contributed by atoms with van der Waals surface area (Å²) in [6.45, 7) is 0. The molecule has 0 spiro atoms. The number of H-pyrrole nitrogens is 1. The molecule has 0 aromatic carbocycles. The van der Waals surface area contributed by atoms with E-state index in [-0.39, 0.29) is 0 Å². The number of nitrogens with one attached hydrogen (secondary N) is 3. The van der Waals surface area contributed by atoms with Gasteiger partial charge in [-0.25, -0.2) is 4.98 Å². The van der Waals surface area contributed by atoms with Crippen LogP contribution in [0.1, 0.15) is 0 Å². The van der Waals surface area contributed by atoms with Crippen molar-refractivity contribution in [1.29, 1.82) is 0 Å². The van der Waals surface area contributed by atoms with Gasteiger partial charge in [0.25, 0.3) is 0 Å². The fraction of sp³-hybridized carbons (Fsp3) is 0.167. The fourth-order valence-electron chi connectivity index (χ4n) is 0.617. The lowest BCUT2D eigenvalue weighted by Gasteiger charge is -1.98. The van der Waals surface area contributed by atoms with E-state index in [1.807, 2.05) is 0 Å². The Morgan fingerprint density at radius 1 is 1.50 bits per heavy atom. The fourth-order valence-corrected chi connectivity index (χ4v) is 0.617. The zero-order valence-electron chi connectivity index (χ0n) is 6.42.